The van der Waals surface area contributed by atoms with E-state index in [9.17, 15) is 9.59 Å². The van der Waals surface area contributed by atoms with E-state index in [0.29, 0.717) is 6.54 Å². The van der Waals surface area contributed by atoms with Gasteiger partial charge in [0.2, 0.25) is 11.8 Å². The Labute approximate surface area is 103 Å². The molecule has 0 radical (unpaired) electrons. The van der Waals surface area contributed by atoms with Crippen LogP contribution in [0.2, 0.25) is 0 Å². The van der Waals surface area contributed by atoms with Crippen molar-refractivity contribution in [3.63, 3.8) is 0 Å². The molecule has 2 aliphatic heterocycles. The van der Waals surface area contributed by atoms with Gasteiger partial charge in [-0.25, -0.2) is 0 Å². The van der Waals surface area contributed by atoms with Crippen LogP contribution in [0.5, 0.6) is 0 Å². The Morgan fingerprint density at radius 3 is 2.12 bits per heavy atom. The van der Waals surface area contributed by atoms with Crippen LogP contribution >= 0.6 is 0 Å². The van der Waals surface area contributed by atoms with Gasteiger partial charge in [-0.1, -0.05) is 12.8 Å². The molecule has 0 saturated carbocycles. The standard InChI is InChI=1S/C13H22N2O2/c1-11(16)15-9-6-12(10-15)13(17)14-7-4-2-3-5-8-14/h12H,2-10H2,1H3. The first-order chi connectivity index (χ1) is 8.18. The Balaban J connectivity index is 1.89. The predicted molar refractivity (Wildman–Crippen MR) is 65.4 cm³/mol. The molecule has 2 heterocycles. The summed E-state index contributed by atoms with van der Waals surface area (Å²) in [7, 11) is 0. The summed E-state index contributed by atoms with van der Waals surface area (Å²) in [6.45, 7) is 4.79. The van der Waals surface area contributed by atoms with Crippen molar-refractivity contribution in [3.05, 3.63) is 0 Å². The lowest BCUT2D eigenvalue weighted by Gasteiger charge is -2.24. The van der Waals surface area contributed by atoms with Gasteiger partial charge in [-0.2, -0.15) is 0 Å². The summed E-state index contributed by atoms with van der Waals surface area (Å²) in [6, 6.07) is 0. The number of carbonyl (C=O) groups excluding carboxylic acids is 2. The average molecular weight is 238 g/mol. The lowest BCUT2D eigenvalue weighted by molar-refractivity contribution is -0.135. The molecule has 0 spiro atoms. The molecule has 17 heavy (non-hydrogen) atoms. The molecular formula is C13H22N2O2. The first-order valence-corrected chi connectivity index (χ1v) is 6.73. The number of likely N-dealkylation sites (tertiary alicyclic amines) is 2. The minimum absolute atomic E-state index is 0.0528. The van der Waals surface area contributed by atoms with Crippen LogP contribution in [-0.4, -0.2) is 47.8 Å². The summed E-state index contributed by atoms with van der Waals surface area (Å²) in [4.78, 5) is 27.4. The average Bonchev–Trinajstić information content (AvgIpc) is 2.65. The Hall–Kier alpha value is -1.06. The highest BCUT2D eigenvalue weighted by atomic mass is 16.2. The lowest BCUT2D eigenvalue weighted by Crippen LogP contribution is -2.38. The second kappa shape index (κ2) is 5.52. The largest absolute Gasteiger partial charge is 0.342 e. The van der Waals surface area contributed by atoms with E-state index >= 15 is 0 Å². The van der Waals surface area contributed by atoms with Crippen molar-refractivity contribution in [3.8, 4) is 0 Å². The first kappa shape index (κ1) is 12.4. The predicted octanol–water partition coefficient (Wildman–Crippen LogP) is 1.26. The van der Waals surface area contributed by atoms with Gasteiger partial charge in [-0.3, -0.25) is 9.59 Å². The highest BCUT2D eigenvalue weighted by Crippen LogP contribution is 2.20. The van der Waals surface area contributed by atoms with E-state index in [-0.39, 0.29) is 17.7 Å². The zero-order chi connectivity index (χ0) is 12.3. The summed E-state index contributed by atoms with van der Waals surface area (Å²) < 4.78 is 0. The van der Waals surface area contributed by atoms with E-state index in [1.807, 2.05) is 4.90 Å². The Morgan fingerprint density at radius 1 is 0.941 bits per heavy atom. The minimum atomic E-state index is 0.0528. The number of rotatable bonds is 1. The molecule has 1 unspecified atom stereocenters. The minimum Gasteiger partial charge on any atom is -0.342 e. The van der Waals surface area contributed by atoms with Crippen LogP contribution < -0.4 is 0 Å². The van der Waals surface area contributed by atoms with Crippen molar-refractivity contribution in [2.75, 3.05) is 26.2 Å². The molecule has 2 saturated heterocycles. The van der Waals surface area contributed by atoms with E-state index < -0.39 is 0 Å². The van der Waals surface area contributed by atoms with Crippen LogP contribution in [0, 0.1) is 5.92 Å². The molecule has 0 aliphatic carbocycles. The molecule has 1 atom stereocenters. The summed E-state index contributed by atoms with van der Waals surface area (Å²) in [6.07, 6.45) is 5.60. The van der Waals surface area contributed by atoms with Crippen molar-refractivity contribution in [2.24, 2.45) is 5.92 Å². The molecule has 96 valence electrons. The normalized spacial score (nSPS) is 25.8. The van der Waals surface area contributed by atoms with E-state index in [4.69, 9.17) is 0 Å². The molecule has 0 aromatic rings. The molecule has 0 N–H and O–H groups in total. The number of hydrogen-bond acceptors (Lipinski definition) is 2. The number of hydrogen-bond donors (Lipinski definition) is 0. The fourth-order valence-electron chi connectivity index (χ4n) is 2.80. The summed E-state index contributed by atoms with van der Waals surface area (Å²) in [5.41, 5.74) is 0. The lowest BCUT2D eigenvalue weighted by atomic mass is 10.1. The van der Waals surface area contributed by atoms with Gasteiger partial charge in [0.25, 0.3) is 0 Å². The van der Waals surface area contributed by atoms with Crippen LogP contribution in [0.15, 0.2) is 0 Å². The SMILES string of the molecule is CC(=O)N1CCC(C(=O)N2CCCCCC2)C1. The Kier molecular flexibility index (Phi) is 4.02. The van der Waals surface area contributed by atoms with Crippen molar-refractivity contribution < 1.29 is 9.59 Å². The van der Waals surface area contributed by atoms with Crippen molar-refractivity contribution in [1.29, 1.82) is 0 Å². The molecular weight excluding hydrogens is 216 g/mol. The number of carbonyl (C=O) groups is 2. The van der Waals surface area contributed by atoms with Crippen LogP contribution in [0.1, 0.15) is 39.0 Å². The van der Waals surface area contributed by atoms with Gasteiger partial charge in [0.05, 0.1) is 5.92 Å². The van der Waals surface area contributed by atoms with E-state index in [0.717, 1.165) is 38.9 Å². The maximum Gasteiger partial charge on any atom is 0.227 e. The van der Waals surface area contributed by atoms with Gasteiger partial charge in [-0.15, -0.1) is 0 Å². The Bertz CT molecular complexity index is 296. The summed E-state index contributed by atoms with van der Waals surface area (Å²) in [5.74, 6) is 0.420. The van der Waals surface area contributed by atoms with Crippen molar-refractivity contribution in [2.45, 2.75) is 39.0 Å². The van der Waals surface area contributed by atoms with Gasteiger partial charge < -0.3 is 9.80 Å². The van der Waals surface area contributed by atoms with Crippen LogP contribution in [-0.2, 0) is 9.59 Å². The van der Waals surface area contributed by atoms with Crippen molar-refractivity contribution >= 4 is 11.8 Å². The molecule has 2 fully saturated rings. The van der Waals surface area contributed by atoms with Gasteiger partial charge in [0, 0.05) is 33.1 Å². The van der Waals surface area contributed by atoms with E-state index in [1.165, 1.54) is 12.8 Å². The number of nitrogens with zero attached hydrogens (tertiary/aromatic N) is 2. The second-order valence-electron chi connectivity index (χ2n) is 5.19. The van der Waals surface area contributed by atoms with Crippen molar-refractivity contribution in [1.82, 2.24) is 9.80 Å². The zero-order valence-electron chi connectivity index (χ0n) is 10.7. The third kappa shape index (κ3) is 2.99. The Morgan fingerprint density at radius 2 is 1.59 bits per heavy atom. The highest BCUT2D eigenvalue weighted by molar-refractivity contribution is 5.81. The molecule has 0 aromatic heterocycles. The molecule has 2 rings (SSSR count). The molecule has 4 heteroatoms. The monoisotopic (exact) mass is 238 g/mol. The summed E-state index contributed by atoms with van der Waals surface area (Å²) >= 11 is 0. The quantitative estimate of drug-likeness (QED) is 0.690. The van der Waals surface area contributed by atoms with Gasteiger partial charge in [0.1, 0.15) is 0 Å². The molecule has 2 aliphatic rings. The van der Waals surface area contributed by atoms with Gasteiger partial charge >= 0.3 is 0 Å². The zero-order valence-corrected chi connectivity index (χ0v) is 10.7. The third-order valence-corrected chi connectivity index (χ3v) is 3.90. The van der Waals surface area contributed by atoms with Crippen LogP contribution in [0.3, 0.4) is 0 Å². The van der Waals surface area contributed by atoms with E-state index in [1.54, 1.807) is 11.8 Å². The third-order valence-electron chi connectivity index (χ3n) is 3.90. The van der Waals surface area contributed by atoms with E-state index in [2.05, 4.69) is 0 Å². The first-order valence-electron chi connectivity index (χ1n) is 6.73. The highest BCUT2D eigenvalue weighted by Gasteiger charge is 2.32. The molecule has 0 aromatic carbocycles. The molecule has 0 bridgehead atoms. The fourth-order valence-corrected chi connectivity index (χ4v) is 2.80. The molecule has 4 nitrogen and oxygen atoms in total. The van der Waals surface area contributed by atoms with Gasteiger partial charge in [0.15, 0.2) is 0 Å². The van der Waals surface area contributed by atoms with Crippen LogP contribution in [0.4, 0.5) is 0 Å². The topological polar surface area (TPSA) is 40.6 Å². The fraction of sp³-hybridized carbons (Fsp3) is 0.846. The smallest absolute Gasteiger partial charge is 0.227 e. The second-order valence-corrected chi connectivity index (χ2v) is 5.19. The maximum atomic E-state index is 12.3. The van der Waals surface area contributed by atoms with Crippen LogP contribution in [0.25, 0.3) is 0 Å². The maximum absolute atomic E-state index is 12.3. The summed E-state index contributed by atoms with van der Waals surface area (Å²) in [5, 5.41) is 0. The van der Waals surface area contributed by atoms with Gasteiger partial charge in [-0.05, 0) is 19.3 Å². The molecule has 2 amide bonds. The number of amides is 2.